The van der Waals surface area contributed by atoms with Gasteiger partial charge in [-0.05, 0) is 66.5 Å². The summed E-state index contributed by atoms with van der Waals surface area (Å²) in [4.78, 5) is -0.0666. The van der Waals surface area contributed by atoms with E-state index < -0.39 is 10.1 Å². The molecule has 0 saturated carbocycles. The van der Waals surface area contributed by atoms with Crippen LogP contribution in [0.25, 0.3) is 0 Å². The van der Waals surface area contributed by atoms with Crippen molar-refractivity contribution < 1.29 is 13.0 Å². The molecular weight excluding hydrogens is 430 g/mol. The molecule has 33 heavy (non-hydrogen) atoms. The largest absolute Gasteiger partial charge is 0.303 e. The van der Waals surface area contributed by atoms with Crippen molar-refractivity contribution in [2.75, 3.05) is 0 Å². The van der Waals surface area contributed by atoms with Crippen molar-refractivity contribution in [1.29, 1.82) is 0 Å². The zero-order valence-corrected chi connectivity index (χ0v) is 21.0. The Kier molecular flexibility index (Phi) is 7.78. The molecule has 4 nitrogen and oxygen atoms in total. The third-order valence-corrected chi connectivity index (χ3v) is 7.02. The van der Waals surface area contributed by atoms with Gasteiger partial charge in [-0.15, -0.1) is 0 Å². The van der Waals surface area contributed by atoms with Crippen molar-refractivity contribution in [3.8, 4) is 0 Å². The van der Waals surface area contributed by atoms with Crippen LogP contribution in [-0.4, -0.2) is 13.0 Å². The molecule has 0 bridgehead atoms. The Morgan fingerprint density at radius 3 is 2.18 bits per heavy atom. The number of nitrogens with one attached hydrogen (secondary N) is 1. The van der Waals surface area contributed by atoms with Gasteiger partial charge in [0.1, 0.15) is 0 Å². The van der Waals surface area contributed by atoms with Crippen molar-refractivity contribution in [2.45, 2.75) is 69.9 Å². The second kappa shape index (κ2) is 10.2. The van der Waals surface area contributed by atoms with Crippen LogP contribution in [0.5, 0.6) is 0 Å². The molecule has 0 aromatic heterocycles. The maximum Gasteiger partial charge on any atom is 0.294 e. The summed E-state index contributed by atoms with van der Waals surface area (Å²) < 4.78 is 29.6. The molecule has 1 aliphatic rings. The summed E-state index contributed by atoms with van der Waals surface area (Å²) in [6, 6.07) is 24.7. The van der Waals surface area contributed by atoms with Crippen molar-refractivity contribution in [3.05, 3.63) is 101 Å². The van der Waals surface area contributed by atoms with Crippen LogP contribution >= 0.6 is 0 Å². The average Bonchev–Trinajstić information content (AvgIpc) is 3.16. The lowest BCUT2D eigenvalue weighted by molar-refractivity contribution is 0.465. The predicted molar refractivity (Wildman–Crippen MR) is 135 cm³/mol. The highest BCUT2D eigenvalue weighted by Gasteiger charge is 2.25. The molecule has 0 aliphatic heterocycles. The zero-order chi connectivity index (χ0) is 24.2. The number of hydrogen-bond acceptors (Lipinski definition) is 3. The number of hydrogen-bond donors (Lipinski definition) is 2. The van der Waals surface area contributed by atoms with Gasteiger partial charge in [0.2, 0.25) is 0 Å². The van der Waals surface area contributed by atoms with Crippen LogP contribution in [0.15, 0.2) is 77.7 Å². The molecule has 0 spiro atoms. The van der Waals surface area contributed by atoms with Crippen LogP contribution in [0.2, 0.25) is 0 Å². The van der Waals surface area contributed by atoms with E-state index >= 15 is 0 Å². The lowest BCUT2D eigenvalue weighted by Gasteiger charge is -2.23. The van der Waals surface area contributed by atoms with Crippen molar-refractivity contribution in [1.82, 2.24) is 5.32 Å². The maximum absolute atomic E-state index is 10.5. The van der Waals surface area contributed by atoms with E-state index in [1.807, 2.05) is 6.92 Å². The first-order valence-electron chi connectivity index (χ1n) is 11.4. The molecule has 0 radical (unpaired) electrons. The van der Waals surface area contributed by atoms with Crippen LogP contribution < -0.4 is 5.32 Å². The fraction of sp³-hybridized carbons (Fsp3) is 0.357. The Morgan fingerprint density at radius 1 is 0.970 bits per heavy atom. The van der Waals surface area contributed by atoms with Gasteiger partial charge in [0.05, 0.1) is 4.90 Å². The molecule has 0 fully saturated rings. The molecule has 2 atom stereocenters. The van der Waals surface area contributed by atoms with Gasteiger partial charge in [-0.2, -0.15) is 8.42 Å². The van der Waals surface area contributed by atoms with E-state index in [1.165, 1.54) is 47.2 Å². The van der Waals surface area contributed by atoms with Crippen LogP contribution in [-0.2, 0) is 22.0 Å². The predicted octanol–water partition coefficient (Wildman–Crippen LogP) is 6.56. The van der Waals surface area contributed by atoms with E-state index in [2.05, 4.69) is 81.5 Å². The Labute approximate surface area is 198 Å². The van der Waals surface area contributed by atoms with E-state index in [0.717, 1.165) is 5.56 Å². The van der Waals surface area contributed by atoms with Gasteiger partial charge in [-0.1, -0.05) is 87.0 Å². The summed E-state index contributed by atoms with van der Waals surface area (Å²) in [6.07, 6.45) is 2.40. The van der Waals surface area contributed by atoms with Gasteiger partial charge in [0, 0.05) is 12.1 Å². The molecule has 4 rings (SSSR count). The van der Waals surface area contributed by atoms with Gasteiger partial charge in [-0.25, -0.2) is 0 Å². The monoisotopic (exact) mass is 465 g/mol. The van der Waals surface area contributed by atoms with Crippen molar-refractivity contribution >= 4 is 10.1 Å². The second-order valence-electron chi connectivity index (χ2n) is 9.84. The van der Waals surface area contributed by atoms with E-state index in [1.54, 1.807) is 12.1 Å². The first-order valence-corrected chi connectivity index (χ1v) is 12.9. The highest BCUT2D eigenvalue weighted by molar-refractivity contribution is 7.85. The normalized spacial score (nSPS) is 16.5. The first-order chi connectivity index (χ1) is 15.4. The van der Waals surface area contributed by atoms with Gasteiger partial charge >= 0.3 is 0 Å². The fourth-order valence-corrected chi connectivity index (χ4v) is 4.59. The SMILES string of the molecule is C[C@@H](N[C@@H]1CCc2cc(C(C)(C)C)ccc21)c1ccccc1.Cc1ccc(S(=O)(=O)O)cc1. The summed E-state index contributed by atoms with van der Waals surface area (Å²) in [5, 5.41) is 3.81. The third-order valence-electron chi connectivity index (χ3n) is 6.16. The summed E-state index contributed by atoms with van der Waals surface area (Å²) in [6.45, 7) is 11.0. The van der Waals surface area contributed by atoms with Crippen LogP contribution in [0.4, 0.5) is 0 Å². The smallest absolute Gasteiger partial charge is 0.294 e. The maximum atomic E-state index is 10.5. The van der Waals surface area contributed by atoms with Crippen LogP contribution in [0.1, 0.15) is 74.0 Å². The van der Waals surface area contributed by atoms with Crippen LogP contribution in [0.3, 0.4) is 0 Å². The minimum Gasteiger partial charge on any atom is -0.303 e. The Morgan fingerprint density at radius 2 is 1.61 bits per heavy atom. The zero-order valence-electron chi connectivity index (χ0n) is 20.2. The first kappa shape index (κ1) is 25.2. The Hall–Kier alpha value is -2.47. The quantitative estimate of drug-likeness (QED) is 0.428. The number of fused-ring (bicyclic) bond motifs is 1. The van der Waals surface area contributed by atoms with Gasteiger partial charge in [0.15, 0.2) is 0 Å². The highest BCUT2D eigenvalue weighted by Crippen LogP contribution is 2.35. The van der Waals surface area contributed by atoms with Crippen molar-refractivity contribution in [2.24, 2.45) is 0 Å². The summed E-state index contributed by atoms with van der Waals surface area (Å²) >= 11 is 0. The average molecular weight is 466 g/mol. The summed E-state index contributed by atoms with van der Waals surface area (Å²) in [7, 11) is -4.02. The summed E-state index contributed by atoms with van der Waals surface area (Å²) in [5.41, 5.74) is 7.03. The molecule has 176 valence electrons. The Balaban J connectivity index is 0.000000235. The lowest BCUT2D eigenvalue weighted by Crippen LogP contribution is -2.23. The number of benzene rings is 3. The minimum atomic E-state index is -4.02. The van der Waals surface area contributed by atoms with E-state index in [-0.39, 0.29) is 10.3 Å². The highest BCUT2D eigenvalue weighted by atomic mass is 32.2. The second-order valence-corrected chi connectivity index (χ2v) is 11.3. The fourth-order valence-electron chi connectivity index (χ4n) is 4.11. The standard InChI is InChI=1S/C21H27N.C7H8O3S/c1-15(16-8-6-5-7-9-16)22-20-13-10-17-14-18(21(2,3)4)11-12-19(17)20;1-6-2-4-7(5-3-6)11(8,9)10/h5-9,11-12,14-15,20,22H,10,13H2,1-4H3;2-5H,1H3,(H,8,9,10)/t15-,20-;/m1./s1. The van der Waals surface area contributed by atoms with E-state index in [4.69, 9.17) is 4.55 Å². The van der Waals surface area contributed by atoms with Gasteiger partial charge in [0.25, 0.3) is 10.1 Å². The molecule has 2 N–H and O–H groups in total. The molecule has 5 heteroatoms. The number of rotatable bonds is 4. The molecular formula is C28H35NO3S. The number of aryl methyl sites for hydroxylation is 2. The summed E-state index contributed by atoms with van der Waals surface area (Å²) in [5.74, 6) is 0. The third kappa shape index (κ3) is 6.76. The molecule has 0 unspecified atom stereocenters. The molecule has 0 amide bonds. The van der Waals surface area contributed by atoms with Crippen LogP contribution in [0, 0.1) is 6.92 Å². The van der Waals surface area contributed by atoms with Crippen molar-refractivity contribution in [3.63, 3.8) is 0 Å². The van der Waals surface area contributed by atoms with Gasteiger partial charge < -0.3 is 5.32 Å². The molecule has 3 aromatic carbocycles. The molecule has 1 aliphatic carbocycles. The topological polar surface area (TPSA) is 66.4 Å². The molecule has 0 saturated heterocycles. The molecule has 3 aromatic rings. The Bertz CT molecular complexity index is 1160. The van der Waals surface area contributed by atoms with Gasteiger partial charge in [-0.3, -0.25) is 4.55 Å². The van der Waals surface area contributed by atoms with E-state index in [0.29, 0.717) is 12.1 Å². The van der Waals surface area contributed by atoms with E-state index in [9.17, 15) is 8.42 Å². The lowest BCUT2D eigenvalue weighted by atomic mass is 9.85. The molecule has 0 heterocycles. The minimum absolute atomic E-state index is 0.0666.